The van der Waals surface area contributed by atoms with Crippen molar-refractivity contribution in [3.05, 3.63) is 47.5 Å². The molecule has 1 aromatic carbocycles. The summed E-state index contributed by atoms with van der Waals surface area (Å²) in [4.78, 5) is 34.5. The number of nitrogens with zero attached hydrogens (tertiary/aromatic N) is 3. The van der Waals surface area contributed by atoms with E-state index in [1.165, 1.54) is 12.1 Å². The zero-order valence-electron chi connectivity index (χ0n) is 14.5. The summed E-state index contributed by atoms with van der Waals surface area (Å²) >= 11 is 5.66. The number of hydrogen-bond donors (Lipinski definition) is 2. The van der Waals surface area contributed by atoms with Crippen molar-refractivity contribution in [3.8, 4) is 0 Å². The van der Waals surface area contributed by atoms with Gasteiger partial charge in [0.1, 0.15) is 5.82 Å². The maximum Gasteiger partial charge on any atom is 0.313 e. The topological polar surface area (TPSA) is 87.2 Å². The average molecular weight is 392 g/mol. The van der Waals surface area contributed by atoms with Crippen LogP contribution in [0.25, 0.3) is 0 Å². The Morgan fingerprint density at radius 1 is 1.19 bits per heavy atom. The summed E-state index contributed by atoms with van der Waals surface area (Å²) in [5.41, 5.74) is 0.262. The molecular weight excluding hydrogens is 373 g/mol. The quantitative estimate of drug-likeness (QED) is 0.780. The van der Waals surface area contributed by atoms with Crippen LogP contribution in [-0.2, 0) is 9.59 Å². The molecule has 142 valence electrons. The molecule has 1 aromatic heterocycles. The summed E-state index contributed by atoms with van der Waals surface area (Å²) in [5.74, 6) is -1.15. The van der Waals surface area contributed by atoms with E-state index in [-0.39, 0.29) is 16.6 Å². The first kappa shape index (κ1) is 19.0. The second-order valence-corrected chi connectivity index (χ2v) is 6.68. The number of hydrogen-bond acceptors (Lipinski definition) is 5. The number of rotatable bonds is 4. The van der Waals surface area contributed by atoms with E-state index in [0.717, 1.165) is 32.0 Å². The van der Waals surface area contributed by atoms with Gasteiger partial charge < -0.3 is 15.5 Å². The molecule has 0 spiro atoms. The van der Waals surface area contributed by atoms with Gasteiger partial charge >= 0.3 is 11.8 Å². The number of aromatic nitrogens is 2. The normalized spacial score (nSPS) is 14.7. The van der Waals surface area contributed by atoms with Crippen LogP contribution in [0.1, 0.15) is 12.8 Å². The summed E-state index contributed by atoms with van der Waals surface area (Å²) in [6.07, 6.45) is 5.16. The van der Waals surface area contributed by atoms with Gasteiger partial charge in [-0.15, -0.1) is 0 Å². The number of halogens is 2. The van der Waals surface area contributed by atoms with Gasteiger partial charge in [-0.3, -0.25) is 9.59 Å². The Kier molecular flexibility index (Phi) is 6.18. The first-order valence-corrected chi connectivity index (χ1v) is 8.97. The summed E-state index contributed by atoms with van der Waals surface area (Å²) in [7, 11) is 0. The summed E-state index contributed by atoms with van der Waals surface area (Å²) in [6.45, 7) is 2.01. The number of amides is 2. The Morgan fingerprint density at radius 3 is 2.56 bits per heavy atom. The highest BCUT2D eigenvalue weighted by molar-refractivity contribution is 6.39. The Hall–Kier alpha value is -2.74. The van der Waals surface area contributed by atoms with Crippen molar-refractivity contribution < 1.29 is 14.0 Å². The van der Waals surface area contributed by atoms with Crippen molar-refractivity contribution >= 4 is 35.1 Å². The molecule has 0 aliphatic carbocycles. The van der Waals surface area contributed by atoms with Crippen molar-refractivity contribution in [1.29, 1.82) is 0 Å². The van der Waals surface area contributed by atoms with Crippen LogP contribution < -0.4 is 15.5 Å². The molecule has 0 bridgehead atoms. The molecule has 0 unspecified atom stereocenters. The van der Waals surface area contributed by atoms with Gasteiger partial charge in [0.2, 0.25) is 5.95 Å². The molecule has 1 saturated heterocycles. The van der Waals surface area contributed by atoms with E-state index in [1.54, 1.807) is 18.5 Å². The van der Waals surface area contributed by atoms with Crippen LogP contribution in [0.5, 0.6) is 0 Å². The van der Waals surface area contributed by atoms with Crippen LogP contribution in [0.4, 0.5) is 16.0 Å². The zero-order chi connectivity index (χ0) is 19.2. The van der Waals surface area contributed by atoms with Crippen LogP contribution in [0.2, 0.25) is 5.02 Å². The maximum absolute atomic E-state index is 13.1. The molecule has 1 aliphatic rings. The SMILES string of the molecule is O=C(NCC1CCN(c2ncccn2)CC1)C(=O)Nc1ccc(F)c(Cl)c1. The third-order valence-corrected chi connectivity index (χ3v) is 4.67. The lowest BCUT2D eigenvalue weighted by molar-refractivity contribution is -0.136. The van der Waals surface area contributed by atoms with Crippen molar-refractivity contribution in [2.45, 2.75) is 12.8 Å². The van der Waals surface area contributed by atoms with E-state index in [9.17, 15) is 14.0 Å². The average Bonchev–Trinajstić information content (AvgIpc) is 2.70. The molecule has 27 heavy (non-hydrogen) atoms. The fourth-order valence-corrected chi connectivity index (χ4v) is 3.05. The number of carbonyl (C=O) groups is 2. The lowest BCUT2D eigenvalue weighted by Gasteiger charge is -2.31. The minimum Gasteiger partial charge on any atom is -0.348 e. The second kappa shape index (κ2) is 8.77. The zero-order valence-corrected chi connectivity index (χ0v) is 15.2. The first-order chi connectivity index (χ1) is 13.0. The Balaban J connectivity index is 1.42. The van der Waals surface area contributed by atoms with E-state index < -0.39 is 17.6 Å². The molecule has 0 atom stereocenters. The van der Waals surface area contributed by atoms with E-state index in [4.69, 9.17) is 11.6 Å². The number of benzene rings is 1. The van der Waals surface area contributed by atoms with Gasteiger partial charge in [-0.1, -0.05) is 11.6 Å². The molecule has 7 nitrogen and oxygen atoms in total. The van der Waals surface area contributed by atoms with Crippen LogP contribution in [0.3, 0.4) is 0 Å². The lowest BCUT2D eigenvalue weighted by atomic mass is 9.97. The highest BCUT2D eigenvalue weighted by Gasteiger charge is 2.22. The van der Waals surface area contributed by atoms with Crippen LogP contribution in [0.15, 0.2) is 36.7 Å². The Morgan fingerprint density at radius 2 is 1.89 bits per heavy atom. The first-order valence-electron chi connectivity index (χ1n) is 8.59. The van der Waals surface area contributed by atoms with Gasteiger partial charge in [-0.2, -0.15) is 0 Å². The highest BCUT2D eigenvalue weighted by Crippen LogP contribution is 2.20. The number of nitrogens with one attached hydrogen (secondary N) is 2. The molecule has 0 radical (unpaired) electrons. The van der Waals surface area contributed by atoms with Crippen molar-refractivity contribution in [2.75, 3.05) is 29.9 Å². The van der Waals surface area contributed by atoms with Crippen molar-refractivity contribution in [2.24, 2.45) is 5.92 Å². The Labute approximate surface area is 160 Å². The van der Waals surface area contributed by atoms with Crippen LogP contribution in [-0.4, -0.2) is 41.4 Å². The number of piperidine rings is 1. The predicted octanol–water partition coefficient (Wildman–Crippen LogP) is 2.24. The van der Waals surface area contributed by atoms with E-state index in [0.29, 0.717) is 12.5 Å². The van der Waals surface area contributed by atoms with E-state index in [1.807, 2.05) is 0 Å². The summed E-state index contributed by atoms with van der Waals surface area (Å²) in [6, 6.07) is 5.49. The molecule has 1 aliphatic heterocycles. The molecule has 2 amide bonds. The monoisotopic (exact) mass is 391 g/mol. The molecule has 3 rings (SSSR count). The van der Waals surface area contributed by atoms with Crippen LogP contribution >= 0.6 is 11.6 Å². The molecule has 1 fully saturated rings. The van der Waals surface area contributed by atoms with Gasteiger partial charge in [0.25, 0.3) is 0 Å². The fraction of sp³-hybridized carbons (Fsp3) is 0.333. The van der Waals surface area contributed by atoms with E-state index in [2.05, 4.69) is 25.5 Å². The lowest BCUT2D eigenvalue weighted by Crippen LogP contribution is -2.42. The summed E-state index contributed by atoms with van der Waals surface area (Å²) < 4.78 is 13.1. The number of carbonyl (C=O) groups excluding carboxylic acids is 2. The minimum absolute atomic E-state index is 0.123. The molecule has 2 heterocycles. The Bertz CT molecular complexity index is 813. The van der Waals surface area contributed by atoms with Crippen molar-refractivity contribution in [1.82, 2.24) is 15.3 Å². The largest absolute Gasteiger partial charge is 0.348 e. The van der Waals surface area contributed by atoms with Gasteiger partial charge in [0.05, 0.1) is 5.02 Å². The fourth-order valence-electron chi connectivity index (χ4n) is 2.87. The van der Waals surface area contributed by atoms with Gasteiger partial charge in [0, 0.05) is 37.7 Å². The standard InChI is InChI=1S/C18H19ClFN5O2/c19-14-10-13(2-3-15(14)20)24-17(27)16(26)23-11-12-4-8-25(9-5-12)18-21-6-1-7-22-18/h1-3,6-7,10,12H,4-5,8-9,11H2,(H,23,26)(H,24,27). The maximum atomic E-state index is 13.1. The van der Waals surface area contributed by atoms with Crippen molar-refractivity contribution in [3.63, 3.8) is 0 Å². The summed E-state index contributed by atoms with van der Waals surface area (Å²) in [5, 5.41) is 4.92. The predicted molar refractivity (Wildman–Crippen MR) is 100 cm³/mol. The molecule has 2 aromatic rings. The molecule has 9 heteroatoms. The van der Waals surface area contributed by atoms with Gasteiger partial charge in [-0.05, 0) is 43.0 Å². The molecule has 0 saturated carbocycles. The van der Waals surface area contributed by atoms with Crippen LogP contribution in [0, 0.1) is 11.7 Å². The van der Waals surface area contributed by atoms with Gasteiger partial charge in [-0.25, -0.2) is 14.4 Å². The second-order valence-electron chi connectivity index (χ2n) is 6.27. The molecular formula is C18H19ClFN5O2. The highest BCUT2D eigenvalue weighted by atomic mass is 35.5. The third kappa shape index (κ3) is 5.13. The van der Waals surface area contributed by atoms with Gasteiger partial charge in [0.15, 0.2) is 0 Å². The third-order valence-electron chi connectivity index (χ3n) is 4.38. The smallest absolute Gasteiger partial charge is 0.313 e. The number of anilines is 2. The minimum atomic E-state index is -0.812. The molecule has 2 N–H and O–H groups in total. The van der Waals surface area contributed by atoms with E-state index >= 15 is 0 Å².